The number of H-pyrrole nitrogens is 1. The van der Waals surface area contributed by atoms with E-state index >= 15 is 0 Å². The molecule has 6 N–H and O–H groups in total. The molecule has 2 aromatic carbocycles. The summed E-state index contributed by atoms with van der Waals surface area (Å²) in [6.07, 6.45) is 7.15. The van der Waals surface area contributed by atoms with Gasteiger partial charge >= 0.3 is 0 Å². The number of aromatic amines is 1. The number of hydrogen-bond donors (Lipinski definition) is 4. The average molecular weight is 556 g/mol. The maximum Gasteiger partial charge on any atom is 0.138 e. The molecule has 1 aromatic heterocycles. The molecule has 0 unspecified atom stereocenters. The number of imidazole rings is 1. The smallest absolute Gasteiger partial charge is 0.138 e. The maximum atomic E-state index is 6.12. The predicted octanol–water partition coefficient (Wildman–Crippen LogP) is 5.47. The van der Waals surface area contributed by atoms with Crippen LogP contribution in [0.3, 0.4) is 0 Å². The fourth-order valence-corrected chi connectivity index (χ4v) is 4.66. The van der Waals surface area contributed by atoms with Crippen molar-refractivity contribution in [3.63, 3.8) is 0 Å². The van der Waals surface area contributed by atoms with Crippen LogP contribution in [0.1, 0.15) is 63.6 Å². The lowest BCUT2D eigenvalue weighted by molar-refractivity contribution is 0.148. The van der Waals surface area contributed by atoms with Gasteiger partial charge in [0.2, 0.25) is 0 Å². The highest BCUT2D eigenvalue weighted by molar-refractivity contribution is 5.80. The lowest BCUT2D eigenvalue weighted by Crippen LogP contribution is -2.43. The van der Waals surface area contributed by atoms with Crippen LogP contribution in [-0.4, -0.2) is 59.0 Å². The summed E-state index contributed by atoms with van der Waals surface area (Å²) < 4.78 is 0. The second-order valence-electron chi connectivity index (χ2n) is 10.3. The zero-order valence-electron chi connectivity index (χ0n) is 25.8. The van der Waals surface area contributed by atoms with Gasteiger partial charge in [-0.3, -0.25) is 4.90 Å². The fourth-order valence-electron chi connectivity index (χ4n) is 4.66. The van der Waals surface area contributed by atoms with Crippen LogP contribution in [-0.2, 0) is 6.54 Å². The molecule has 220 valence electrons. The molecule has 2 fully saturated rings. The monoisotopic (exact) mass is 555 g/mol. The van der Waals surface area contributed by atoms with Gasteiger partial charge in [0.05, 0.1) is 22.6 Å². The highest BCUT2D eigenvalue weighted by Crippen LogP contribution is 2.24. The summed E-state index contributed by atoms with van der Waals surface area (Å²) in [5.74, 6) is 7.74. The number of aromatic nitrogens is 2. The summed E-state index contributed by atoms with van der Waals surface area (Å²) in [5, 5.41) is 3.29. The van der Waals surface area contributed by atoms with Crippen LogP contribution in [0.4, 0.5) is 0 Å². The van der Waals surface area contributed by atoms with Crippen LogP contribution >= 0.6 is 0 Å². The summed E-state index contributed by atoms with van der Waals surface area (Å²) >= 11 is 0. The van der Waals surface area contributed by atoms with Gasteiger partial charge in [-0.1, -0.05) is 51.8 Å². The molecule has 7 nitrogen and oxygen atoms in total. The SMILES string of the molecule is CC.CC.Cc1ccc(-c2nc3ccc(CN4CCN(C)CC4)cc3[nH]2)cc1C#C/C(N)=C/C=C(\N)NC1CCC1. The molecule has 5 rings (SSSR count). The van der Waals surface area contributed by atoms with E-state index in [0.717, 1.165) is 66.3 Å². The van der Waals surface area contributed by atoms with Crippen LogP contribution in [0.15, 0.2) is 60.1 Å². The molecule has 2 aliphatic rings. The van der Waals surface area contributed by atoms with Crippen molar-refractivity contribution in [3.05, 3.63) is 76.8 Å². The van der Waals surface area contributed by atoms with E-state index in [0.29, 0.717) is 17.6 Å². The molecule has 41 heavy (non-hydrogen) atoms. The number of rotatable bonds is 6. The van der Waals surface area contributed by atoms with E-state index in [2.05, 4.69) is 82.3 Å². The maximum absolute atomic E-state index is 6.12. The molecule has 3 aromatic rings. The van der Waals surface area contributed by atoms with Crippen LogP contribution in [0.5, 0.6) is 0 Å². The van der Waals surface area contributed by atoms with E-state index in [4.69, 9.17) is 16.5 Å². The van der Waals surface area contributed by atoms with Gasteiger partial charge in [-0.25, -0.2) is 4.98 Å². The van der Waals surface area contributed by atoms with Gasteiger partial charge in [-0.15, -0.1) is 0 Å². The van der Waals surface area contributed by atoms with Crippen molar-refractivity contribution >= 4 is 11.0 Å². The Hall–Kier alpha value is -3.73. The topological polar surface area (TPSA) is 99.2 Å². The van der Waals surface area contributed by atoms with E-state index < -0.39 is 0 Å². The van der Waals surface area contributed by atoms with Crippen molar-refractivity contribution in [2.75, 3.05) is 33.2 Å². The highest BCUT2D eigenvalue weighted by Gasteiger charge is 2.16. The van der Waals surface area contributed by atoms with Gasteiger partial charge in [-0.05, 0) is 80.6 Å². The van der Waals surface area contributed by atoms with Crippen LogP contribution in [0.2, 0.25) is 0 Å². The Labute approximate surface area is 247 Å². The third-order valence-corrected chi connectivity index (χ3v) is 7.32. The summed E-state index contributed by atoms with van der Waals surface area (Å²) in [7, 11) is 2.19. The Bertz CT molecular complexity index is 1380. The Morgan fingerprint density at radius 1 is 1.02 bits per heavy atom. The number of nitrogens with two attached hydrogens (primary N) is 2. The van der Waals surface area contributed by atoms with Crippen molar-refractivity contribution in [1.82, 2.24) is 25.1 Å². The summed E-state index contributed by atoms with van der Waals surface area (Å²) in [4.78, 5) is 13.3. The first-order chi connectivity index (χ1) is 19.9. The van der Waals surface area contributed by atoms with Crippen molar-refractivity contribution in [2.24, 2.45) is 11.5 Å². The number of hydrogen-bond acceptors (Lipinski definition) is 6. The van der Waals surface area contributed by atoms with Crippen LogP contribution < -0.4 is 16.8 Å². The summed E-state index contributed by atoms with van der Waals surface area (Å²) in [5.41, 5.74) is 19.0. The van der Waals surface area contributed by atoms with Gasteiger partial charge in [0.15, 0.2) is 0 Å². The number of aryl methyl sites for hydroxylation is 1. The molecule has 0 amide bonds. The zero-order valence-corrected chi connectivity index (χ0v) is 25.8. The van der Waals surface area contributed by atoms with Crippen molar-refractivity contribution in [3.8, 4) is 23.2 Å². The van der Waals surface area contributed by atoms with Crippen LogP contribution in [0.25, 0.3) is 22.4 Å². The van der Waals surface area contributed by atoms with Crippen molar-refractivity contribution < 1.29 is 0 Å². The number of benzene rings is 2. The Kier molecular flexibility index (Phi) is 12.3. The van der Waals surface area contributed by atoms with Gasteiger partial charge < -0.3 is 26.7 Å². The molecule has 1 aliphatic carbocycles. The van der Waals surface area contributed by atoms with E-state index in [1.165, 1.54) is 24.8 Å². The molecule has 0 radical (unpaired) electrons. The van der Waals surface area contributed by atoms with Gasteiger partial charge in [0.25, 0.3) is 0 Å². The summed E-state index contributed by atoms with van der Waals surface area (Å²) in [6.45, 7) is 15.5. The quantitative estimate of drug-likeness (QED) is 0.238. The van der Waals surface area contributed by atoms with E-state index in [1.54, 1.807) is 12.2 Å². The molecule has 0 bridgehead atoms. The number of allylic oxidation sites excluding steroid dienone is 3. The number of nitrogens with one attached hydrogen (secondary N) is 2. The van der Waals surface area contributed by atoms with Crippen molar-refractivity contribution in [2.45, 2.75) is 66.5 Å². The van der Waals surface area contributed by atoms with E-state index in [-0.39, 0.29) is 0 Å². The molecule has 0 atom stereocenters. The first-order valence-corrected chi connectivity index (χ1v) is 15.1. The average Bonchev–Trinajstić information content (AvgIpc) is 3.40. The molecule has 1 saturated heterocycles. The molecular weight excluding hydrogens is 506 g/mol. The van der Waals surface area contributed by atoms with Gasteiger partial charge in [0, 0.05) is 49.9 Å². The second kappa shape index (κ2) is 15.9. The van der Waals surface area contributed by atoms with Crippen molar-refractivity contribution in [1.29, 1.82) is 0 Å². The largest absolute Gasteiger partial charge is 0.392 e. The number of likely N-dealkylation sites (N-methyl/N-ethyl adjacent to an activating group) is 1. The van der Waals surface area contributed by atoms with E-state index in [9.17, 15) is 0 Å². The minimum Gasteiger partial charge on any atom is -0.392 e. The summed E-state index contributed by atoms with van der Waals surface area (Å²) in [6, 6.07) is 13.2. The van der Waals surface area contributed by atoms with Gasteiger partial charge in [-0.2, -0.15) is 0 Å². The molecule has 7 heteroatoms. The third-order valence-electron chi connectivity index (χ3n) is 7.32. The van der Waals surface area contributed by atoms with E-state index in [1.807, 2.05) is 27.7 Å². The third kappa shape index (κ3) is 9.14. The molecular formula is C34H49N7. The minimum absolute atomic E-state index is 0.472. The lowest BCUT2D eigenvalue weighted by Gasteiger charge is -2.32. The minimum atomic E-state index is 0.472. The Morgan fingerprint density at radius 3 is 2.44 bits per heavy atom. The Morgan fingerprint density at radius 2 is 1.76 bits per heavy atom. The number of piperazine rings is 1. The Balaban J connectivity index is 0.00000111. The predicted molar refractivity (Wildman–Crippen MR) is 174 cm³/mol. The first kappa shape index (κ1) is 31.8. The second-order valence-corrected chi connectivity index (χ2v) is 10.3. The highest BCUT2D eigenvalue weighted by atomic mass is 15.2. The standard InChI is InChI=1S/C30H37N7.2C2H6/c1-21-6-8-24(19-23(21)9-10-25(31)11-13-29(32)33-26-4-3-5-26)30-34-27-12-7-22(18-28(27)35-30)20-37-16-14-36(2)15-17-37;2*1-2/h6-8,11-13,18-19,26,33H,3-5,14-17,20,31-32H2,1-2H3,(H,34,35);2*1-2H3/b25-11-,29-13+;;. The van der Waals surface area contributed by atoms with Gasteiger partial charge in [0.1, 0.15) is 5.82 Å². The molecule has 1 saturated carbocycles. The first-order valence-electron chi connectivity index (χ1n) is 15.1. The van der Waals surface area contributed by atoms with Crippen LogP contribution in [0, 0.1) is 18.8 Å². The molecule has 1 aliphatic heterocycles. The lowest BCUT2D eigenvalue weighted by atomic mass is 9.93. The normalized spacial score (nSPS) is 16.4. The number of fused-ring (bicyclic) bond motifs is 1. The molecule has 0 spiro atoms. The molecule has 2 heterocycles. The number of nitrogens with zero attached hydrogens (tertiary/aromatic N) is 3. The fraction of sp³-hybridized carbons (Fsp3) is 0.441. The zero-order chi connectivity index (χ0) is 29.8.